The Kier molecular flexibility index (Phi) is 5.88. The third-order valence-electron chi connectivity index (χ3n) is 4.59. The highest BCUT2D eigenvalue weighted by Gasteiger charge is 2.41. The summed E-state index contributed by atoms with van der Waals surface area (Å²) in [5.74, 6) is -5.26. The maximum atomic E-state index is 14.3. The van der Waals surface area contributed by atoms with Crippen molar-refractivity contribution in [1.29, 1.82) is 0 Å². The van der Waals surface area contributed by atoms with E-state index < -0.39 is 24.3 Å². The van der Waals surface area contributed by atoms with Gasteiger partial charge in [0.15, 0.2) is 5.78 Å². The van der Waals surface area contributed by atoms with Gasteiger partial charge in [0, 0.05) is 12.8 Å². The molecule has 1 aliphatic rings. The van der Waals surface area contributed by atoms with E-state index >= 15 is 0 Å². The number of alkyl halides is 2. The maximum Gasteiger partial charge on any atom is 0.328 e. The molecule has 0 saturated carbocycles. The number of ketones is 1. The van der Waals surface area contributed by atoms with Gasteiger partial charge in [0.2, 0.25) is 0 Å². The number of halogens is 2. The Labute approximate surface area is 146 Å². The van der Waals surface area contributed by atoms with Crippen LogP contribution in [0.5, 0.6) is 0 Å². The Morgan fingerprint density at radius 2 is 2.00 bits per heavy atom. The quantitative estimate of drug-likeness (QED) is 0.777. The van der Waals surface area contributed by atoms with Gasteiger partial charge in [0.25, 0.3) is 5.91 Å². The van der Waals surface area contributed by atoms with E-state index in [1.807, 2.05) is 6.07 Å². The summed E-state index contributed by atoms with van der Waals surface area (Å²) in [6.07, 6.45) is 1.69. The van der Waals surface area contributed by atoms with Crippen LogP contribution < -0.4 is 5.32 Å². The fourth-order valence-corrected chi connectivity index (χ4v) is 2.85. The van der Waals surface area contributed by atoms with E-state index in [0.717, 1.165) is 5.56 Å². The zero-order valence-corrected chi connectivity index (χ0v) is 14.5. The number of carbonyl (C=O) groups excluding carboxylic acids is 2. The van der Waals surface area contributed by atoms with E-state index in [-0.39, 0.29) is 23.7 Å². The third kappa shape index (κ3) is 4.84. The van der Waals surface area contributed by atoms with Gasteiger partial charge < -0.3 is 5.32 Å². The Morgan fingerprint density at radius 1 is 1.36 bits per heavy atom. The van der Waals surface area contributed by atoms with Gasteiger partial charge in [-0.2, -0.15) is 8.78 Å². The number of amides is 1. The molecular weight excluding hydrogens is 324 g/mol. The molecule has 2 atom stereocenters. The molecule has 1 aliphatic carbocycles. The van der Waals surface area contributed by atoms with E-state index in [0.29, 0.717) is 12.0 Å². The van der Waals surface area contributed by atoms with Gasteiger partial charge in [0.05, 0.1) is 6.04 Å². The summed E-state index contributed by atoms with van der Waals surface area (Å²) in [6, 6.07) is 8.41. The Bertz CT molecular complexity index is 695. The molecule has 1 aromatic carbocycles. The SMILES string of the molecule is C=C(CC(F)(F)C(=O)NC(C)c1ccccc1)[C@H]1CC=C(C)C(=O)C1. The highest BCUT2D eigenvalue weighted by molar-refractivity contribution is 5.95. The Hall–Kier alpha value is -2.30. The predicted octanol–water partition coefficient (Wildman–Crippen LogP) is 4.37. The van der Waals surface area contributed by atoms with Crippen molar-refractivity contribution in [2.75, 3.05) is 0 Å². The van der Waals surface area contributed by atoms with Crippen LogP contribution in [0.15, 0.2) is 54.1 Å². The number of rotatable bonds is 6. The van der Waals surface area contributed by atoms with Gasteiger partial charge >= 0.3 is 5.92 Å². The summed E-state index contributed by atoms with van der Waals surface area (Å²) in [5.41, 5.74) is 1.65. The van der Waals surface area contributed by atoms with Crippen molar-refractivity contribution in [3.8, 4) is 0 Å². The topological polar surface area (TPSA) is 46.2 Å². The lowest BCUT2D eigenvalue weighted by Crippen LogP contribution is -2.42. The fourth-order valence-electron chi connectivity index (χ4n) is 2.85. The Morgan fingerprint density at radius 3 is 2.60 bits per heavy atom. The van der Waals surface area contributed by atoms with Crippen LogP contribution in [0.4, 0.5) is 8.78 Å². The average Bonchev–Trinajstić information content (AvgIpc) is 2.57. The number of carbonyl (C=O) groups is 2. The van der Waals surface area contributed by atoms with E-state index in [2.05, 4.69) is 11.9 Å². The molecule has 0 bridgehead atoms. The van der Waals surface area contributed by atoms with E-state index in [1.54, 1.807) is 44.2 Å². The summed E-state index contributed by atoms with van der Waals surface area (Å²) in [4.78, 5) is 23.7. The first-order chi connectivity index (χ1) is 11.7. The molecule has 0 fully saturated rings. The summed E-state index contributed by atoms with van der Waals surface area (Å²) in [5, 5.41) is 2.35. The smallest absolute Gasteiger partial charge is 0.328 e. The van der Waals surface area contributed by atoms with Crippen LogP contribution in [0.25, 0.3) is 0 Å². The molecule has 0 aliphatic heterocycles. The Balaban J connectivity index is 1.97. The summed E-state index contributed by atoms with van der Waals surface area (Å²) in [7, 11) is 0. The third-order valence-corrected chi connectivity index (χ3v) is 4.59. The summed E-state index contributed by atoms with van der Waals surface area (Å²) in [6.45, 7) is 7.08. The molecular formula is C20H23F2NO2. The summed E-state index contributed by atoms with van der Waals surface area (Å²) < 4.78 is 28.6. The van der Waals surface area contributed by atoms with Gasteiger partial charge in [-0.1, -0.05) is 48.6 Å². The minimum absolute atomic E-state index is 0.0529. The van der Waals surface area contributed by atoms with Gasteiger partial charge in [-0.05, 0) is 37.3 Å². The van der Waals surface area contributed by atoms with Crippen LogP contribution in [-0.2, 0) is 9.59 Å². The molecule has 0 spiro atoms. The van der Waals surface area contributed by atoms with Gasteiger partial charge in [-0.15, -0.1) is 0 Å². The first-order valence-corrected chi connectivity index (χ1v) is 8.32. The minimum atomic E-state index is -3.56. The van der Waals surface area contributed by atoms with Crippen molar-refractivity contribution in [2.45, 2.75) is 45.1 Å². The van der Waals surface area contributed by atoms with Crippen LogP contribution in [-0.4, -0.2) is 17.6 Å². The molecule has 1 aromatic rings. The second kappa shape index (κ2) is 7.72. The molecule has 1 unspecified atom stereocenters. The van der Waals surface area contributed by atoms with E-state index in [9.17, 15) is 18.4 Å². The first-order valence-electron chi connectivity index (χ1n) is 8.32. The summed E-state index contributed by atoms with van der Waals surface area (Å²) >= 11 is 0. The second-order valence-corrected chi connectivity index (χ2v) is 6.59. The van der Waals surface area contributed by atoms with E-state index in [1.165, 1.54) is 0 Å². The van der Waals surface area contributed by atoms with Crippen molar-refractivity contribution in [2.24, 2.45) is 5.92 Å². The van der Waals surface area contributed by atoms with Crippen molar-refractivity contribution >= 4 is 11.7 Å². The van der Waals surface area contributed by atoms with Crippen LogP contribution in [0.2, 0.25) is 0 Å². The molecule has 0 heterocycles. The van der Waals surface area contributed by atoms with Crippen LogP contribution in [0.1, 0.15) is 44.7 Å². The molecule has 0 aromatic heterocycles. The lowest BCUT2D eigenvalue weighted by molar-refractivity contribution is -0.146. The van der Waals surface area contributed by atoms with Crippen LogP contribution in [0.3, 0.4) is 0 Å². The molecule has 1 amide bonds. The second-order valence-electron chi connectivity index (χ2n) is 6.59. The van der Waals surface area contributed by atoms with Gasteiger partial charge in [0.1, 0.15) is 0 Å². The zero-order chi connectivity index (χ0) is 18.6. The number of nitrogens with one attached hydrogen (secondary N) is 1. The standard InChI is InChI=1S/C20H23F2NO2/c1-13-9-10-17(11-18(13)24)14(2)12-20(21,22)19(25)23-15(3)16-7-5-4-6-8-16/h4-9,15,17H,2,10-12H2,1,3H3,(H,23,25)/t15?,17-/m0/s1. The van der Waals surface area contributed by atoms with Crippen LogP contribution >= 0.6 is 0 Å². The predicted molar refractivity (Wildman–Crippen MR) is 93.2 cm³/mol. The van der Waals surface area contributed by atoms with Crippen molar-refractivity contribution < 1.29 is 18.4 Å². The van der Waals surface area contributed by atoms with Crippen molar-refractivity contribution in [3.05, 3.63) is 59.7 Å². The zero-order valence-electron chi connectivity index (χ0n) is 14.5. The average molecular weight is 347 g/mol. The highest BCUT2D eigenvalue weighted by atomic mass is 19.3. The lowest BCUT2D eigenvalue weighted by atomic mass is 9.82. The first kappa shape index (κ1) is 19.0. The number of allylic oxidation sites excluding steroid dienone is 3. The highest BCUT2D eigenvalue weighted by Crippen LogP contribution is 2.33. The molecule has 1 N–H and O–H groups in total. The number of hydrogen-bond donors (Lipinski definition) is 1. The molecule has 134 valence electrons. The minimum Gasteiger partial charge on any atom is -0.344 e. The monoisotopic (exact) mass is 347 g/mol. The molecule has 3 nitrogen and oxygen atoms in total. The molecule has 25 heavy (non-hydrogen) atoms. The largest absolute Gasteiger partial charge is 0.344 e. The van der Waals surface area contributed by atoms with Crippen molar-refractivity contribution in [3.63, 3.8) is 0 Å². The van der Waals surface area contributed by atoms with Gasteiger partial charge in [-0.3, -0.25) is 9.59 Å². The van der Waals surface area contributed by atoms with Crippen LogP contribution in [0, 0.1) is 5.92 Å². The van der Waals surface area contributed by atoms with E-state index in [4.69, 9.17) is 0 Å². The molecule has 0 saturated heterocycles. The number of hydrogen-bond acceptors (Lipinski definition) is 2. The number of benzene rings is 1. The molecule has 5 heteroatoms. The number of Topliss-reactive ketones (excluding diaryl/α,β-unsaturated/α-hetero) is 1. The lowest BCUT2D eigenvalue weighted by Gasteiger charge is -2.25. The van der Waals surface area contributed by atoms with Gasteiger partial charge in [-0.25, -0.2) is 0 Å². The molecule has 0 radical (unpaired) electrons. The molecule has 2 rings (SSSR count). The fraction of sp³-hybridized carbons (Fsp3) is 0.400. The van der Waals surface area contributed by atoms with Crippen molar-refractivity contribution in [1.82, 2.24) is 5.32 Å². The maximum absolute atomic E-state index is 14.3. The normalized spacial score (nSPS) is 19.1.